The summed E-state index contributed by atoms with van der Waals surface area (Å²) in [5, 5.41) is 21.5. The zero-order valence-electron chi connectivity index (χ0n) is 16.4. The molecule has 5 rings (SSSR count). The van der Waals surface area contributed by atoms with Crippen LogP contribution >= 0.6 is 0 Å². The predicted octanol–water partition coefficient (Wildman–Crippen LogP) is 3.35. The highest BCUT2D eigenvalue weighted by atomic mass is 16.5. The number of carbonyl (C=O) groups excluding carboxylic acids is 2. The fraction of sp³-hybridized carbons (Fsp3) is 0.125. The summed E-state index contributed by atoms with van der Waals surface area (Å²) < 4.78 is 5.51. The molecule has 7 heteroatoms. The van der Waals surface area contributed by atoms with Gasteiger partial charge in [-0.15, -0.1) is 0 Å². The van der Waals surface area contributed by atoms with Gasteiger partial charge < -0.3 is 14.9 Å². The van der Waals surface area contributed by atoms with Gasteiger partial charge in [-0.25, -0.2) is 0 Å². The molecule has 3 heterocycles. The molecule has 2 N–H and O–H groups in total. The van der Waals surface area contributed by atoms with Gasteiger partial charge in [0.1, 0.15) is 17.3 Å². The number of phenolic OH excluding ortho intramolecular Hbond substituents is 1. The van der Waals surface area contributed by atoms with E-state index in [2.05, 4.69) is 4.98 Å². The Morgan fingerprint density at radius 2 is 1.84 bits per heavy atom. The first kappa shape index (κ1) is 18.9. The van der Waals surface area contributed by atoms with Crippen LogP contribution in [0.5, 0.6) is 11.5 Å². The Kier molecular flexibility index (Phi) is 4.43. The lowest BCUT2D eigenvalue weighted by molar-refractivity contribution is -0.132. The van der Waals surface area contributed by atoms with Crippen LogP contribution in [-0.4, -0.2) is 33.5 Å². The van der Waals surface area contributed by atoms with Gasteiger partial charge in [0.2, 0.25) is 0 Å². The topological polar surface area (TPSA) is 100.0 Å². The lowest BCUT2D eigenvalue weighted by Gasteiger charge is -2.25. The zero-order valence-corrected chi connectivity index (χ0v) is 16.4. The number of aliphatic hydroxyl groups is 1. The molecular formula is C24H18N2O5. The number of ether oxygens (including phenoxy) is 1. The summed E-state index contributed by atoms with van der Waals surface area (Å²) >= 11 is 0. The third kappa shape index (κ3) is 3.02. The standard InChI is InChI=1S/C24H18N2O5/c27-18-4-2-1-3-17(18)26-21(14-7-10-25-11-8-14)20(23(29)24(26)30)22(28)16-5-6-19-15(13-16)9-12-31-19/h1-8,10-11,13,21,27-28H,9,12H2/b22-20-. The number of rotatable bonds is 3. The Morgan fingerprint density at radius 1 is 1.06 bits per heavy atom. The van der Waals surface area contributed by atoms with Crippen LogP contribution in [0.3, 0.4) is 0 Å². The maximum absolute atomic E-state index is 13.1. The second kappa shape index (κ2) is 7.28. The Hall–Kier alpha value is -4.13. The van der Waals surface area contributed by atoms with E-state index < -0.39 is 17.7 Å². The van der Waals surface area contributed by atoms with E-state index in [1.807, 2.05) is 0 Å². The molecule has 7 nitrogen and oxygen atoms in total. The predicted molar refractivity (Wildman–Crippen MR) is 113 cm³/mol. The van der Waals surface area contributed by atoms with Crippen molar-refractivity contribution >= 4 is 23.1 Å². The molecule has 0 bridgehead atoms. The second-order valence-electron chi connectivity index (χ2n) is 7.36. The van der Waals surface area contributed by atoms with Crippen molar-refractivity contribution in [3.05, 3.63) is 89.3 Å². The number of benzene rings is 2. The molecule has 1 atom stereocenters. The zero-order chi connectivity index (χ0) is 21.5. The quantitative estimate of drug-likeness (QED) is 0.387. The number of para-hydroxylation sites is 2. The van der Waals surface area contributed by atoms with E-state index >= 15 is 0 Å². The molecule has 1 fully saturated rings. The van der Waals surface area contributed by atoms with Crippen LogP contribution in [0.2, 0.25) is 0 Å². The summed E-state index contributed by atoms with van der Waals surface area (Å²) in [5.74, 6) is -1.31. The maximum Gasteiger partial charge on any atom is 0.300 e. The lowest BCUT2D eigenvalue weighted by Crippen LogP contribution is -2.29. The molecule has 1 saturated heterocycles. The molecular weight excluding hydrogens is 396 g/mol. The van der Waals surface area contributed by atoms with Gasteiger partial charge in [0, 0.05) is 24.4 Å². The van der Waals surface area contributed by atoms with Crippen molar-refractivity contribution in [1.29, 1.82) is 0 Å². The minimum Gasteiger partial charge on any atom is -0.507 e. The number of ketones is 1. The van der Waals surface area contributed by atoms with Gasteiger partial charge >= 0.3 is 0 Å². The number of carbonyl (C=O) groups is 2. The van der Waals surface area contributed by atoms with Crippen molar-refractivity contribution in [2.75, 3.05) is 11.5 Å². The van der Waals surface area contributed by atoms with Crippen molar-refractivity contribution in [3.63, 3.8) is 0 Å². The van der Waals surface area contributed by atoms with E-state index in [1.165, 1.54) is 11.0 Å². The number of aromatic hydroxyl groups is 1. The van der Waals surface area contributed by atoms with Gasteiger partial charge in [-0.3, -0.25) is 19.5 Å². The normalized spacial score (nSPS) is 19.4. The van der Waals surface area contributed by atoms with Crippen LogP contribution < -0.4 is 9.64 Å². The molecule has 1 aromatic heterocycles. The molecule has 154 valence electrons. The molecule has 0 aliphatic carbocycles. The van der Waals surface area contributed by atoms with Crippen molar-refractivity contribution in [3.8, 4) is 11.5 Å². The summed E-state index contributed by atoms with van der Waals surface area (Å²) in [6.07, 6.45) is 3.80. The monoisotopic (exact) mass is 414 g/mol. The Bertz CT molecular complexity index is 1240. The van der Waals surface area contributed by atoms with E-state index in [9.17, 15) is 19.8 Å². The average Bonchev–Trinajstić information content (AvgIpc) is 3.36. The van der Waals surface area contributed by atoms with Crippen LogP contribution in [0.25, 0.3) is 5.76 Å². The van der Waals surface area contributed by atoms with E-state index in [4.69, 9.17) is 4.74 Å². The number of aliphatic hydroxyl groups excluding tert-OH is 1. The number of hydrogen-bond donors (Lipinski definition) is 2. The third-order valence-electron chi connectivity index (χ3n) is 5.57. The molecule has 1 amide bonds. The highest BCUT2D eigenvalue weighted by Crippen LogP contribution is 2.44. The minimum absolute atomic E-state index is 0.0432. The molecule has 1 unspecified atom stereocenters. The number of Topliss-reactive ketones (excluding diaryl/α,β-unsaturated/α-hetero) is 1. The van der Waals surface area contributed by atoms with E-state index in [1.54, 1.807) is 60.9 Å². The first-order chi connectivity index (χ1) is 15.1. The van der Waals surface area contributed by atoms with Gasteiger partial charge in [0.15, 0.2) is 0 Å². The Labute approximate surface area is 177 Å². The van der Waals surface area contributed by atoms with Gasteiger partial charge in [0.25, 0.3) is 11.7 Å². The second-order valence-corrected chi connectivity index (χ2v) is 7.36. The highest BCUT2D eigenvalue weighted by molar-refractivity contribution is 6.51. The lowest BCUT2D eigenvalue weighted by atomic mass is 9.95. The Morgan fingerprint density at radius 3 is 2.61 bits per heavy atom. The maximum atomic E-state index is 13.1. The number of hydrogen-bond acceptors (Lipinski definition) is 6. The fourth-order valence-electron chi connectivity index (χ4n) is 4.10. The van der Waals surface area contributed by atoms with Gasteiger partial charge in [-0.2, -0.15) is 0 Å². The van der Waals surface area contributed by atoms with E-state index in [0.717, 1.165) is 11.3 Å². The van der Waals surface area contributed by atoms with Crippen molar-refractivity contribution in [2.45, 2.75) is 12.5 Å². The highest BCUT2D eigenvalue weighted by Gasteiger charge is 2.47. The number of phenols is 1. The molecule has 31 heavy (non-hydrogen) atoms. The SMILES string of the molecule is O=C1C(=O)N(c2ccccc2O)C(c2ccncc2)/C1=C(/O)c1ccc2c(c1)CCO2. The smallest absolute Gasteiger partial charge is 0.300 e. The molecule has 2 aromatic carbocycles. The summed E-state index contributed by atoms with van der Waals surface area (Å²) in [5.41, 5.74) is 2.09. The first-order valence-electron chi connectivity index (χ1n) is 9.81. The average molecular weight is 414 g/mol. The summed E-state index contributed by atoms with van der Waals surface area (Å²) in [6.45, 7) is 0.564. The molecule has 2 aliphatic rings. The number of anilines is 1. The Balaban J connectivity index is 1.72. The van der Waals surface area contributed by atoms with Crippen molar-refractivity contribution in [1.82, 2.24) is 4.98 Å². The number of fused-ring (bicyclic) bond motifs is 1. The molecule has 2 aliphatic heterocycles. The van der Waals surface area contributed by atoms with Crippen LogP contribution in [0.15, 0.2) is 72.6 Å². The van der Waals surface area contributed by atoms with Crippen LogP contribution in [-0.2, 0) is 16.0 Å². The number of pyridine rings is 1. The molecule has 0 spiro atoms. The third-order valence-corrected chi connectivity index (χ3v) is 5.57. The minimum atomic E-state index is -0.916. The molecule has 0 saturated carbocycles. The largest absolute Gasteiger partial charge is 0.507 e. The van der Waals surface area contributed by atoms with Crippen molar-refractivity contribution in [2.24, 2.45) is 0 Å². The van der Waals surface area contributed by atoms with Crippen LogP contribution in [0, 0.1) is 0 Å². The number of amides is 1. The number of nitrogens with zero attached hydrogens (tertiary/aromatic N) is 2. The summed E-state index contributed by atoms with van der Waals surface area (Å²) in [7, 11) is 0. The van der Waals surface area contributed by atoms with Crippen LogP contribution in [0.4, 0.5) is 5.69 Å². The van der Waals surface area contributed by atoms with Gasteiger partial charge in [-0.05, 0) is 53.6 Å². The van der Waals surface area contributed by atoms with Crippen LogP contribution in [0.1, 0.15) is 22.7 Å². The van der Waals surface area contributed by atoms with E-state index in [0.29, 0.717) is 24.2 Å². The number of aromatic nitrogens is 1. The molecule has 0 radical (unpaired) electrons. The van der Waals surface area contributed by atoms with Gasteiger partial charge in [-0.1, -0.05) is 12.1 Å². The van der Waals surface area contributed by atoms with E-state index in [-0.39, 0.29) is 22.8 Å². The first-order valence-corrected chi connectivity index (χ1v) is 9.81. The van der Waals surface area contributed by atoms with Gasteiger partial charge in [0.05, 0.1) is 23.9 Å². The summed E-state index contributed by atoms with van der Waals surface area (Å²) in [4.78, 5) is 31.4. The molecule has 3 aromatic rings. The fourth-order valence-corrected chi connectivity index (χ4v) is 4.10. The van der Waals surface area contributed by atoms with Crippen molar-refractivity contribution < 1.29 is 24.5 Å². The summed E-state index contributed by atoms with van der Waals surface area (Å²) in [6, 6.07) is 13.9.